The number of fused-ring (bicyclic) bond motifs is 1. The average molecular weight is 268 g/mol. The highest BCUT2D eigenvalue weighted by atomic mass is 35.5. The molecule has 4 heteroatoms. The normalized spacial score (nSPS) is 10.7. The van der Waals surface area contributed by atoms with Gasteiger partial charge in [0.15, 0.2) is 0 Å². The third-order valence-electron chi connectivity index (χ3n) is 2.82. The molecule has 2 rings (SSSR count). The maximum Gasteiger partial charge on any atom is 0.237 e. The summed E-state index contributed by atoms with van der Waals surface area (Å²) in [6.07, 6.45) is 0.878. The molecular formula is C13H14ClNOS. The molecule has 0 aliphatic heterocycles. The summed E-state index contributed by atoms with van der Waals surface area (Å²) < 4.78 is 1.30. The van der Waals surface area contributed by atoms with Gasteiger partial charge in [-0.1, -0.05) is 18.2 Å². The summed E-state index contributed by atoms with van der Waals surface area (Å²) in [6.45, 7) is 0.715. The number of hydrogen-bond donors (Lipinski definition) is 0. The number of likely N-dealkylation sites (N-methyl/N-ethyl adjacent to an activating group) is 1. The van der Waals surface area contributed by atoms with Gasteiger partial charge in [0, 0.05) is 18.3 Å². The lowest BCUT2D eigenvalue weighted by atomic mass is 10.1. The van der Waals surface area contributed by atoms with Crippen LogP contribution in [0.15, 0.2) is 29.6 Å². The number of carbonyl (C=O) groups excluding carboxylic acids is 1. The molecule has 90 valence electrons. The van der Waals surface area contributed by atoms with Crippen molar-refractivity contribution in [2.75, 3.05) is 19.5 Å². The number of benzene rings is 1. The summed E-state index contributed by atoms with van der Waals surface area (Å²) in [6, 6.07) is 8.35. The molecule has 2 aromatic rings. The molecule has 0 radical (unpaired) electrons. The second kappa shape index (κ2) is 5.52. The van der Waals surface area contributed by atoms with E-state index in [0.717, 1.165) is 6.42 Å². The van der Waals surface area contributed by atoms with Gasteiger partial charge >= 0.3 is 0 Å². The Labute approximate surface area is 110 Å². The molecule has 0 saturated heterocycles. The Bertz CT molecular complexity index is 523. The lowest BCUT2D eigenvalue weighted by Crippen LogP contribution is -2.29. The van der Waals surface area contributed by atoms with Crippen molar-refractivity contribution in [1.29, 1.82) is 0 Å². The maximum atomic E-state index is 11.3. The van der Waals surface area contributed by atoms with E-state index in [1.165, 1.54) is 15.6 Å². The smallest absolute Gasteiger partial charge is 0.237 e. The zero-order chi connectivity index (χ0) is 12.3. The van der Waals surface area contributed by atoms with Crippen molar-refractivity contribution in [3.8, 4) is 0 Å². The van der Waals surface area contributed by atoms with E-state index in [0.29, 0.717) is 6.54 Å². The van der Waals surface area contributed by atoms with Crippen LogP contribution in [-0.2, 0) is 11.2 Å². The van der Waals surface area contributed by atoms with Crippen LogP contribution in [-0.4, -0.2) is 30.3 Å². The van der Waals surface area contributed by atoms with Crippen molar-refractivity contribution in [2.45, 2.75) is 6.42 Å². The number of rotatable bonds is 4. The van der Waals surface area contributed by atoms with Gasteiger partial charge in [-0.15, -0.1) is 22.9 Å². The maximum absolute atomic E-state index is 11.3. The van der Waals surface area contributed by atoms with E-state index in [-0.39, 0.29) is 11.8 Å². The van der Waals surface area contributed by atoms with E-state index in [9.17, 15) is 4.79 Å². The zero-order valence-corrected chi connectivity index (χ0v) is 11.2. The number of halogens is 1. The Morgan fingerprint density at radius 1 is 1.41 bits per heavy atom. The minimum atomic E-state index is -0.0220. The van der Waals surface area contributed by atoms with Crippen molar-refractivity contribution in [3.05, 3.63) is 35.2 Å². The van der Waals surface area contributed by atoms with Crippen LogP contribution < -0.4 is 0 Å². The topological polar surface area (TPSA) is 20.3 Å². The monoisotopic (exact) mass is 267 g/mol. The Hall–Kier alpha value is -1.06. The summed E-state index contributed by atoms with van der Waals surface area (Å²) in [5.74, 6) is 0.0344. The molecular weight excluding hydrogens is 254 g/mol. The lowest BCUT2D eigenvalue weighted by Gasteiger charge is -2.15. The predicted molar refractivity (Wildman–Crippen MR) is 73.9 cm³/mol. The fourth-order valence-electron chi connectivity index (χ4n) is 1.74. The Morgan fingerprint density at radius 2 is 2.18 bits per heavy atom. The van der Waals surface area contributed by atoms with Crippen LogP contribution in [0, 0.1) is 0 Å². The molecule has 1 aromatic carbocycles. The van der Waals surface area contributed by atoms with Gasteiger partial charge in [0.1, 0.15) is 5.88 Å². The molecule has 1 amide bonds. The van der Waals surface area contributed by atoms with Crippen molar-refractivity contribution in [3.63, 3.8) is 0 Å². The lowest BCUT2D eigenvalue weighted by molar-refractivity contribution is -0.127. The van der Waals surface area contributed by atoms with Crippen molar-refractivity contribution < 1.29 is 4.79 Å². The van der Waals surface area contributed by atoms with Crippen molar-refractivity contribution in [1.82, 2.24) is 4.90 Å². The summed E-state index contributed by atoms with van der Waals surface area (Å²) in [7, 11) is 1.79. The molecule has 0 aliphatic rings. The van der Waals surface area contributed by atoms with E-state index in [2.05, 4.69) is 17.5 Å². The molecule has 17 heavy (non-hydrogen) atoms. The fourth-order valence-corrected chi connectivity index (χ4v) is 2.94. The molecule has 0 saturated carbocycles. The molecule has 0 N–H and O–H groups in total. The fraction of sp³-hybridized carbons (Fsp3) is 0.308. The van der Waals surface area contributed by atoms with Crippen LogP contribution in [0.3, 0.4) is 0 Å². The molecule has 0 atom stereocenters. The third kappa shape index (κ3) is 2.79. The number of hydrogen-bond acceptors (Lipinski definition) is 2. The summed E-state index contributed by atoms with van der Waals surface area (Å²) in [5, 5.41) is 3.47. The van der Waals surface area contributed by atoms with Crippen LogP contribution in [0.2, 0.25) is 0 Å². The molecule has 1 aromatic heterocycles. The van der Waals surface area contributed by atoms with Crippen molar-refractivity contribution in [2.24, 2.45) is 0 Å². The first kappa shape index (κ1) is 12.4. The van der Waals surface area contributed by atoms with Gasteiger partial charge in [-0.05, 0) is 28.8 Å². The molecule has 0 fully saturated rings. The number of thiophene rings is 1. The third-order valence-corrected chi connectivity index (χ3v) is 4.06. The van der Waals surface area contributed by atoms with Gasteiger partial charge in [0.05, 0.1) is 0 Å². The van der Waals surface area contributed by atoms with Crippen LogP contribution in [0.4, 0.5) is 0 Å². The average Bonchev–Trinajstić information content (AvgIpc) is 2.78. The molecule has 1 heterocycles. The van der Waals surface area contributed by atoms with Crippen LogP contribution in [0.25, 0.3) is 10.1 Å². The van der Waals surface area contributed by atoms with E-state index in [1.807, 2.05) is 12.1 Å². The minimum Gasteiger partial charge on any atom is -0.344 e. The number of carbonyl (C=O) groups is 1. The van der Waals surface area contributed by atoms with Crippen LogP contribution >= 0.6 is 22.9 Å². The van der Waals surface area contributed by atoms with Gasteiger partial charge in [0.25, 0.3) is 0 Å². The molecule has 2 nitrogen and oxygen atoms in total. The summed E-state index contributed by atoms with van der Waals surface area (Å²) in [5.41, 5.74) is 1.31. The highest BCUT2D eigenvalue weighted by Gasteiger charge is 2.08. The van der Waals surface area contributed by atoms with Gasteiger partial charge in [-0.25, -0.2) is 0 Å². The summed E-state index contributed by atoms with van der Waals surface area (Å²) >= 11 is 7.26. The minimum absolute atomic E-state index is 0.0220. The molecule has 0 bridgehead atoms. The highest BCUT2D eigenvalue weighted by Crippen LogP contribution is 2.25. The zero-order valence-electron chi connectivity index (χ0n) is 9.65. The SMILES string of the molecule is CN(CCc1csc2ccccc12)C(=O)CCl. The number of nitrogens with zero attached hydrogens (tertiary/aromatic N) is 1. The number of amides is 1. The Kier molecular flexibility index (Phi) is 4.02. The highest BCUT2D eigenvalue weighted by molar-refractivity contribution is 7.17. The van der Waals surface area contributed by atoms with Crippen LogP contribution in [0.1, 0.15) is 5.56 Å². The first-order valence-electron chi connectivity index (χ1n) is 5.47. The largest absolute Gasteiger partial charge is 0.344 e. The molecule has 0 spiro atoms. The van der Waals surface area contributed by atoms with Crippen molar-refractivity contribution >= 4 is 38.9 Å². The number of alkyl halides is 1. The van der Waals surface area contributed by atoms with Gasteiger partial charge < -0.3 is 4.90 Å². The van der Waals surface area contributed by atoms with E-state index < -0.39 is 0 Å². The van der Waals surface area contributed by atoms with Gasteiger partial charge in [-0.2, -0.15) is 0 Å². The molecule has 0 unspecified atom stereocenters. The van der Waals surface area contributed by atoms with Crippen LogP contribution in [0.5, 0.6) is 0 Å². The van der Waals surface area contributed by atoms with E-state index >= 15 is 0 Å². The quantitative estimate of drug-likeness (QED) is 0.780. The predicted octanol–water partition coefficient (Wildman–Crippen LogP) is 3.14. The Balaban J connectivity index is 2.07. The first-order valence-corrected chi connectivity index (χ1v) is 6.89. The molecule has 0 aliphatic carbocycles. The van der Waals surface area contributed by atoms with Gasteiger partial charge in [-0.3, -0.25) is 4.79 Å². The van der Waals surface area contributed by atoms with E-state index in [4.69, 9.17) is 11.6 Å². The summed E-state index contributed by atoms with van der Waals surface area (Å²) in [4.78, 5) is 13.0. The second-order valence-corrected chi connectivity index (χ2v) is 5.13. The second-order valence-electron chi connectivity index (χ2n) is 3.96. The van der Waals surface area contributed by atoms with E-state index in [1.54, 1.807) is 23.3 Å². The Morgan fingerprint density at radius 3 is 2.94 bits per heavy atom. The first-order chi connectivity index (χ1) is 8.22. The standard InChI is InChI=1S/C13H14ClNOS/c1-15(13(16)8-14)7-6-10-9-17-12-5-3-2-4-11(10)12/h2-5,9H,6-8H2,1H3. The van der Waals surface area contributed by atoms with Gasteiger partial charge in [0.2, 0.25) is 5.91 Å².